The Labute approximate surface area is 86.5 Å². The molecule has 0 fully saturated rings. The number of hydrogen-bond acceptors (Lipinski definition) is 5. The Morgan fingerprint density at radius 1 is 1.27 bits per heavy atom. The Balaban J connectivity index is 2.78. The molecule has 0 heterocycles. The Bertz CT molecular complexity index is 352. The Hall–Kier alpha value is -1.98. The summed E-state index contributed by atoms with van der Waals surface area (Å²) in [4.78, 5) is 14.2. The minimum Gasteiger partial charge on any atom is -0.493 e. The Kier molecular flexibility index (Phi) is 3.73. The average molecular weight is 213 g/mol. The van der Waals surface area contributed by atoms with Gasteiger partial charge in [-0.1, -0.05) is 6.07 Å². The second kappa shape index (κ2) is 5.04. The van der Waals surface area contributed by atoms with Crippen LogP contribution in [0.2, 0.25) is 0 Å². The molecule has 1 aromatic carbocycles. The molecule has 0 radical (unpaired) electrons. The first-order chi connectivity index (χ1) is 7.17. The van der Waals surface area contributed by atoms with E-state index >= 15 is 0 Å². The zero-order valence-corrected chi connectivity index (χ0v) is 8.43. The van der Waals surface area contributed by atoms with E-state index in [1.165, 1.54) is 14.2 Å². The second-order valence-electron chi connectivity index (χ2n) is 2.69. The third-order valence-corrected chi connectivity index (χ3v) is 1.78. The number of methoxy groups -OCH3 is 2. The molecule has 6 heteroatoms. The molecule has 15 heavy (non-hydrogen) atoms. The van der Waals surface area contributed by atoms with E-state index in [2.05, 4.69) is 4.84 Å². The molecule has 0 atom stereocenters. The quantitative estimate of drug-likeness (QED) is 0.546. The van der Waals surface area contributed by atoms with E-state index in [1.54, 1.807) is 18.2 Å². The van der Waals surface area contributed by atoms with Gasteiger partial charge in [0.2, 0.25) is 0 Å². The lowest BCUT2D eigenvalue weighted by Gasteiger charge is -2.08. The maximum atomic E-state index is 9.98. The molecule has 0 aliphatic rings. The van der Waals surface area contributed by atoms with E-state index in [9.17, 15) is 10.1 Å². The molecule has 0 aromatic heterocycles. The molecule has 0 saturated heterocycles. The van der Waals surface area contributed by atoms with Crippen molar-refractivity contribution in [3.63, 3.8) is 0 Å². The van der Waals surface area contributed by atoms with Crippen LogP contribution in [0.25, 0.3) is 0 Å². The summed E-state index contributed by atoms with van der Waals surface area (Å²) in [5, 5.41) is 9.14. The van der Waals surface area contributed by atoms with Crippen LogP contribution < -0.4 is 9.47 Å². The number of rotatable bonds is 5. The van der Waals surface area contributed by atoms with Crippen LogP contribution in [0.15, 0.2) is 18.2 Å². The normalized spacial score (nSPS) is 9.47. The molecule has 1 rings (SSSR count). The predicted molar refractivity (Wildman–Crippen MR) is 51.3 cm³/mol. The van der Waals surface area contributed by atoms with Crippen molar-refractivity contribution < 1.29 is 19.4 Å². The summed E-state index contributed by atoms with van der Waals surface area (Å²) >= 11 is 0. The highest BCUT2D eigenvalue weighted by atomic mass is 16.9. The van der Waals surface area contributed by atoms with Gasteiger partial charge >= 0.3 is 0 Å². The first-order valence-corrected chi connectivity index (χ1v) is 4.15. The molecule has 82 valence electrons. The molecule has 0 unspecified atom stereocenters. The van der Waals surface area contributed by atoms with Gasteiger partial charge in [0, 0.05) is 0 Å². The van der Waals surface area contributed by atoms with Crippen LogP contribution in [0.4, 0.5) is 0 Å². The molecule has 6 nitrogen and oxygen atoms in total. The van der Waals surface area contributed by atoms with Crippen LogP contribution in [0.5, 0.6) is 11.5 Å². The highest BCUT2D eigenvalue weighted by Gasteiger charge is 2.05. The van der Waals surface area contributed by atoms with Gasteiger partial charge in [0.25, 0.3) is 5.09 Å². The molecule has 0 saturated carbocycles. The number of ether oxygens (including phenoxy) is 2. The summed E-state index contributed by atoms with van der Waals surface area (Å²) in [7, 11) is 3.01. The van der Waals surface area contributed by atoms with Crippen LogP contribution >= 0.6 is 0 Å². The summed E-state index contributed by atoms with van der Waals surface area (Å²) in [5.41, 5.74) is 0.643. The van der Waals surface area contributed by atoms with Gasteiger partial charge in [-0.05, 0) is 17.7 Å². The van der Waals surface area contributed by atoms with Gasteiger partial charge in [0.1, 0.15) is 6.61 Å². The summed E-state index contributed by atoms with van der Waals surface area (Å²) < 4.78 is 10.1. The minimum atomic E-state index is -0.837. The van der Waals surface area contributed by atoms with Crippen molar-refractivity contribution in [3.8, 4) is 11.5 Å². The van der Waals surface area contributed by atoms with Crippen molar-refractivity contribution in [2.75, 3.05) is 14.2 Å². The van der Waals surface area contributed by atoms with Gasteiger partial charge < -0.3 is 14.3 Å². The van der Waals surface area contributed by atoms with Gasteiger partial charge in [-0.3, -0.25) is 0 Å². The van der Waals surface area contributed by atoms with Crippen molar-refractivity contribution >= 4 is 0 Å². The van der Waals surface area contributed by atoms with Crippen LogP contribution in [-0.2, 0) is 11.4 Å². The van der Waals surface area contributed by atoms with Crippen molar-refractivity contribution in [2.24, 2.45) is 0 Å². The number of benzene rings is 1. The Morgan fingerprint density at radius 2 is 1.93 bits per heavy atom. The SMILES string of the molecule is COc1ccc(CO[N+](=O)[O-])cc1OC. The van der Waals surface area contributed by atoms with E-state index in [0.29, 0.717) is 17.1 Å². The topological polar surface area (TPSA) is 70.8 Å². The van der Waals surface area contributed by atoms with Crippen molar-refractivity contribution in [1.29, 1.82) is 0 Å². The molecule has 0 amide bonds. The lowest BCUT2D eigenvalue weighted by atomic mass is 10.2. The van der Waals surface area contributed by atoms with Gasteiger partial charge in [-0.25, -0.2) is 0 Å². The van der Waals surface area contributed by atoms with Crippen LogP contribution in [-0.4, -0.2) is 19.3 Å². The van der Waals surface area contributed by atoms with Gasteiger partial charge in [0.15, 0.2) is 11.5 Å². The van der Waals surface area contributed by atoms with Crippen LogP contribution in [0.3, 0.4) is 0 Å². The first kappa shape index (κ1) is 11.1. The Morgan fingerprint density at radius 3 is 2.47 bits per heavy atom. The smallest absolute Gasteiger partial charge is 0.294 e. The van der Waals surface area contributed by atoms with E-state index in [4.69, 9.17) is 9.47 Å². The predicted octanol–water partition coefficient (Wildman–Crippen LogP) is 1.41. The van der Waals surface area contributed by atoms with Crippen LogP contribution in [0.1, 0.15) is 5.56 Å². The highest BCUT2D eigenvalue weighted by Crippen LogP contribution is 2.27. The maximum Gasteiger partial charge on any atom is 0.294 e. The van der Waals surface area contributed by atoms with Gasteiger partial charge in [0.05, 0.1) is 14.2 Å². The maximum absolute atomic E-state index is 9.98. The molecule has 0 N–H and O–H groups in total. The summed E-state index contributed by atoms with van der Waals surface area (Å²) in [6, 6.07) is 4.96. The van der Waals surface area contributed by atoms with E-state index in [-0.39, 0.29) is 6.61 Å². The van der Waals surface area contributed by atoms with Gasteiger partial charge in [-0.15, -0.1) is 10.1 Å². The zero-order valence-electron chi connectivity index (χ0n) is 8.43. The first-order valence-electron chi connectivity index (χ1n) is 4.15. The van der Waals surface area contributed by atoms with Crippen LogP contribution in [0, 0.1) is 10.1 Å². The molecule has 0 aliphatic carbocycles. The molecular formula is C9H11NO5. The lowest BCUT2D eigenvalue weighted by Crippen LogP contribution is -2.01. The molecule has 0 spiro atoms. The van der Waals surface area contributed by atoms with Gasteiger partial charge in [-0.2, -0.15) is 0 Å². The zero-order chi connectivity index (χ0) is 11.3. The molecular weight excluding hydrogens is 202 g/mol. The van der Waals surface area contributed by atoms with E-state index in [1.807, 2.05) is 0 Å². The third-order valence-electron chi connectivity index (χ3n) is 1.78. The third kappa shape index (κ3) is 3.01. The molecule has 0 aliphatic heterocycles. The second-order valence-corrected chi connectivity index (χ2v) is 2.69. The summed E-state index contributed by atoms with van der Waals surface area (Å²) in [6.07, 6.45) is 0. The number of nitrogens with zero attached hydrogens (tertiary/aromatic N) is 1. The monoisotopic (exact) mass is 213 g/mol. The minimum absolute atomic E-state index is 0.104. The summed E-state index contributed by atoms with van der Waals surface area (Å²) in [6.45, 7) is -0.104. The van der Waals surface area contributed by atoms with Crippen molar-refractivity contribution in [3.05, 3.63) is 33.9 Å². The number of hydrogen-bond donors (Lipinski definition) is 0. The van der Waals surface area contributed by atoms with Crippen molar-refractivity contribution in [2.45, 2.75) is 6.61 Å². The van der Waals surface area contributed by atoms with Crippen molar-refractivity contribution in [1.82, 2.24) is 0 Å². The fraction of sp³-hybridized carbons (Fsp3) is 0.333. The largest absolute Gasteiger partial charge is 0.493 e. The van der Waals surface area contributed by atoms with E-state index in [0.717, 1.165) is 0 Å². The summed E-state index contributed by atoms with van der Waals surface area (Å²) in [5.74, 6) is 1.09. The fourth-order valence-corrected chi connectivity index (χ4v) is 1.10. The molecule has 0 bridgehead atoms. The highest BCUT2D eigenvalue weighted by molar-refractivity contribution is 5.42. The lowest BCUT2D eigenvalue weighted by molar-refractivity contribution is -0.763. The molecule has 1 aromatic rings. The fourth-order valence-electron chi connectivity index (χ4n) is 1.10. The average Bonchev–Trinajstić information content (AvgIpc) is 2.25. The van der Waals surface area contributed by atoms with E-state index < -0.39 is 5.09 Å². The standard InChI is InChI=1S/C9H11NO5/c1-13-8-4-3-7(5-9(8)14-2)6-15-10(11)12/h3-5H,6H2,1-2H3.